The first kappa shape index (κ1) is 27.6. The third kappa shape index (κ3) is 9.17. The molecule has 3 heterocycles. The van der Waals surface area contributed by atoms with Crippen molar-refractivity contribution in [3.8, 4) is 33.8 Å². The van der Waals surface area contributed by atoms with Gasteiger partial charge in [-0.05, 0) is 36.4 Å². The Bertz CT molecular complexity index is 1090. The summed E-state index contributed by atoms with van der Waals surface area (Å²) in [6.45, 7) is 0. The zero-order chi connectivity index (χ0) is 24.7. The largest absolute Gasteiger partial charge is 0.256 e. The fourth-order valence-corrected chi connectivity index (χ4v) is 3.43. The van der Waals surface area contributed by atoms with Crippen LogP contribution < -0.4 is 0 Å². The van der Waals surface area contributed by atoms with Crippen molar-refractivity contribution in [1.82, 2.24) is 15.0 Å². The summed E-state index contributed by atoms with van der Waals surface area (Å²) in [5, 5.41) is 0. The van der Waals surface area contributed by atoms with Gasteiger partial charge < -0.3 is 0 Å². The van der Waals surface area contributed by atoms with E-state index in [1.165, 1.54) is 0 Å². The molecule has 6 rings (SSSR count). The molecule has 3 radical (unpaired) electrons. The van der Waals surface area contributed by atoms with Gasteiger partial charge in [-0.25, -0.2) is 0 Å². The van der Waals surface area contributed by atoms with Gasteiger partial charge in [0.25, 0.3) is 0 Å². The van der Waals surface area contributed by atoms with Gasteiger partial charge in [0.15, 0.2) is 0 Å². The molecule has 0 N–H and O–H groups in total. The normalized spacial score (nSPS) is 9.41. The minimum atomic E-state index is 0. The molecule has 3 aromatic carbocycles. The van der Waals surface area contributed by atoms with Crippen molar-refractivity contribution in [2.24, 2.45) is 0 Å². The van der Waals surface area contributed by atoms with Crippen LogP contribution in [0.3, 0.4) is 0 Å². The van der Waals surface area contributed by atoms with E-state index in [0.717, 1.165) is 33.8 Å². The smallest absolute Gasteiger partial charge is 0.0701 e. The second-order valence-electron chi connectivity index (χ2n) is 7.74. The Morgan fingerprint density at radius 2 is 0.514 bits per heavy atom. The van der Waals surface area contributed by atoms with Gasteiger partial charge in [-0.15, -0.1) is 0 Å². The van der Waals surface area contributed by atoms with E-state index >= 15 is 0 Å². The molecule has 0 aliphatic carbocycles. The predicted molar refractivity (Wildman–Crippen MR) is 155 cm³/mol. The summed E-state index contributed by atoms with van der Waals surface area (Å²) in [5.41, 5.74) is 6.57. The van der Waals surface area contributed by atoms with Crippen LogP contribution in [-0.2, 0) is 0 Å². The molecule has 0 atom stereocenters. The van der Waals surface area contributed by atoms with Crippen molar-refractivity contribution >= 4 is 25.8 Å². The third-order valence-corrected chi connectivity index (χ3v) is 5.20. The molecule has 0 aliphatic rings. The summed E-state index contributed by atoms with van der Waals surface area (Å²) in [6, 6.07) is 48.3. The van der Waals surface area contributed by atoms with E-state index in [-0.39, 0.29) is 25.8 Å². The van der Waals surface area contributed by atoms with E-state index in [0.29, 0.717) is 0 Å². The number of hydrogen-bond acceptors (Lipinski definition) is 3. The molecule has 3 aromatic heterocycles. The van der Waals surface area contributed by atoms with Crippen molar-refractivity contribution in [2.45, 2.75) is 0 Å². The Morgan fingerprint density at radius 1 is 0.270 bits per heavy atom. The van der Waals surface area contributed by atoms with Crippen LogP contribution >= 0.6 is 0 Å². The summed E-state index contributed by atoms with van der Waals surface area (Å²) < 4.78 is 0. The van der Waals surface area contributed by atoms with Gasteiger partial charge in [-0.3, -0.25) is 15.0 Å². The van der Waals surface area contributed by atoms with Crippen molar-refractivity contribution in [1.29, 1.82) is 0 Å². The molecule has 0 amide bonds. The van der Waals surface area contributed by atoms with Crippen LogP contribution in [0.4, 0.5) is 0 Å². The Balaban J connectivity index is 0.000000152. The van der Waals surface area contributed by atoms with E-state index in [9.17, 15) is 0 Å². The van der Waals surface area contributed by atoms with Crippen LogP contribution in [0.1, 0.15) is 0 Å². The first-order valence-corrected chi connectivity index (χ1v) is 11.8. The zero-order valence-electron chi connectivity index (χ0n) is 20.5. The van der Waals surface area contributed by atoms with E-state index in [2.05, 4.69) is 51.4 Å². The summed E-state index contributed by atoms with van der Waals surface area (Å²) in [4.78, 5) is 12.7. The maximum absolute atomic E-state index is 4.25. The van der Waals surface area contributed by atoms with Crippen LogP contribution in [0.2, 0.25) is 0 Å². The van der Waals surface area contributed by atoms with Crippen LogP contribution in [0.15, 0.2) is 164 Å². The monoisotopic (exact) mass is 580 g/mol. The molecule has 177 valence electrons. The number of hydrogen-bond donors (Lipinski definition) is 0. The minimum Gasteiger partial charge on any atom is -0.256 e. The molecular formula is C33H27InN3. The summed E-state index contributed by atoms with van der Waals surface area (Å²) in [5.74, 6) is 0. The molecule has 37 heavy (non-hydrogen) atoms. The van der Waals surface area contributed by atoms with Crippen molar-refractivity contribution < 1.29 is 0 Å². The Morgan fingerprint density at radius 3 is 0.730 bits per heavy atom. The first-order valence-electron chi connectivity index (χ1n) is 11.8. The number of pyridine rings is 3. The average molecular weight is 580 g/mol. The molecule has 0 spiro atoms. The van der Waals surface area contributed by atoms with Gasteiger partial charge >= 0.3 is 0 Å². The average Bonchev–Trinajstić information content (AvgIpc) is 3.01. The molecule has 6 aromatic rings. The molecule has 0 aliphatic heterocycles. The Labute approximate surface area is 237 Å². The summed E-state index contributed by atoms with van der Waals surface area (Å²) >= 11 is 0. The molecule has 0 unspecified atom stereocenters. The predicted octanol–water partition coefficient (Wildman–Crippen LogP) is 7.87. The number of nitrogens with zero attached hydrogens (tertiary/aromatic N) is 3. The van der Waals surface area contributed by atoms with Gasteiger partial charge in [0.1, 0.15) is 0 Å². The molecular weight excluding hydrogens is 553 g/mol. The minimum absolute atomic E-state index is 0. The van der Waals surface area contributed by atoms with E-state index in [1.807, 2.05) is 128 Å². The summed E-state index contributed by atoms with van der Waals surface area (Å²) in [6.07, 6.45) is 5.42. The zero-order valence-corrected chi connectivity index (χ0v) is 23.8. The van der Waals surface area contributed by atoms with Gasteiger partial charge in [-0.1, -0.05) is 109 Å². The quantitative estimate of drug-likeness (QED) is 0.214. The molecule has 0 saturated carbocycles. The van der Waals surface area contributed by atoms with Gasteiger partial charge in [0.05, 0.1) is 17.1 Å². The standard InChI is InChI=1S/3C11H9N.In/c3*1-2-6-10(7-3-1)11-8-4-5-9-12-11;/h3*1-9H;. The van der Waals surface area contributed by atoms with Crippen molar-refractivity contribution in [3.05, 3.63) is 164 Å². The van der Waals surface area contributed by atoms with E-state index < -0.39 is 0 Å². The second-order valence-corrected chi connectivity index (χ2v) is 7.74. The summed E-state index contributed by atoms with van der Waals surface area (Å²) in [7, 11) is 0. The topological polar surface area (TPSA) is 38.7 Å². The number of aromatic nitrogens is 3. The third-order valence-electron chi connectivity index (χ3n) is 5.20. The van der Waals surface area contributed by atoms with Crippen LogP contribution in [0, 0.1) is 0 Å². The molecule has 3 nitrogen and oxygen atoms in total. The number of benzene rings is 3. The van der Waals surface area contributed by atoms with Crippen LogP contribution in [0.25, 0.3) is 33.8 Å². The van der Waals surface area contributed by atoms with Crippen molar-refractivity contribution in [3.63, 3.8) is 0 Å². The van der Waals surface area contributed by atoms with Gasteiger partial charge in [0, 0.05) is 61.1 Å². The maximum Gasteiger partial charge on any atom is 0.0701 e. The second kappa shape index (κ2) is 15.9. The fourth-order valence-electron chi connectivity index (χ4n) is 3.43. The Kier molecular flexibility index (Phi) is 11.8. The molecule has 0 fully saturated rings. The fraction of sp³-hybridized carbons (Fsp3) is 0. The SMILES string of the molecule is [In].c1ccc(-c2ccccn2)cc1.c1ccc(-c2ccccn2)cc1.c1ccc(-c2ccccn2)cc1. The van der Waals surface area contributed by atoms with Gasteiger partial charge in [0.2, 0.25) is 0 Å². The number of rotatable bonds is 3. The van der Waals surface area contributed by atoms with Crippen LogP contribution in [-0.4, -0.2) is 40.8 Å². The van der Waals surface area contributed by atoms with Crippen molar-refractivity contribution in [2.75, 3.05) is 0 Å². The molecule has 0 saturated heterocycles. The van der Waals surface area contributed by atoms with Gasteiger partial charge in [-0.2, -0.15) is 0 Å². The van der Waals surface area contributed by atoms with E-state index in [1.54, 1.807) is 0 Å². The Hall–Kier alpha value is -4.02. The van der Waals surface area contributed by atoms with Crippen LogP contribution in [0.5, 0.6) is 0 Å². The first-order chi connectivity index (χ1) is 17.9. The molecule has 4 heteroatoms. The van der Waals surface area contributed by atoms with E-state index in [4.69, 9.17) is 0 Å². The molecule has 0 bridgehead atoms. The maximum atomic E-state index is 4.25.